The molecule has 1 rings (SSSR count). The van der Waals surface area contributed by atoms with Crippen LogP contribution in [0.4, 0.5) is 4.39 Å². The maximum atomic E-state index is 13.2. The van der Waals surface area contributed by atoms with E-state index >= 15 is 0 Å². The average Bonchev–Trinajstić information content (AvgIpc) is 2.31. The number of rotatable bonds is 5. The highest BCUT2D eigenvalue weighted by atomic mass is 79.9. The van der Waals surface area contributed by atoms with E-state index in [0.717, 1.165) is 24.9 Å². The molecule has 1 aromatic carbocycles. The van der Waals surface area contributed by atoms with Gasteiger partial charge in [-0.15, -0.1) is 0 Å². The molecule has 0 aliphatic carbocycles. The number of nitrogens with two attached hydrogens (primary N) is 1. The standard InChI is InChI=1S/C12H17BrFN3/c1-2-3-6-16-12(15)17-8-9-4-5-10(13)11(14)7-9/h4-5,7H,2-3,6,8H2,1H3,(H3,15,16,17). The summed E-state index contributed by atoms with van der Waals surface area (Å²) < 4.78 is 13.7. The van der Waals surface area contributed by atoms with Crippen molar-refractivity contribution in [3.05, 3.63) is 34.1 Å². The van der Waals surface area contributed by atoms with Gasteiger partial charge in [-0.2, -0.15) is 0 Å². The van der Waals surface area contributed by atoms with E-state index in [9.17, 15) is 4.39 Å². The molecule has 0 saturated carbocycles. The summed E-state index contributed by atoms with van der Waals surface area (Å²) in [5.74, 6) is 0.122. The fourth-order valence-corrected chi connectivity index (χ4v) is 1.51. The molecule has 0 heterocycles. The average molecular weight is 302 g/mol. The van der Waals surface area contributed by atoms with Crippen molar-refractivity contribution in [2.45, 2.75) is 26.3 Å². The second kappa shape index (κ2) is 7.27. The third-order valence-electron chi connectivity index (χ3n) is 2.25. The number of hydrogen-bond acceptors (Lipinski definition) is 1. The molecule has 0 radical (unpaired) electrons. The maximum Gasteiger partial charge on any atom is 0.188 e. The molecule has 0 spiro atoms. The summed E-state index contributed by atoms with van der Waals surface area (Å²) in [6, 6.07) is 4.93. The molecule has 0 amide bonds. The Morgan fingerprint density at radius 1 is 1.53 bits per heavy atom. The quantitative estimate of drug-likeness (QED) is 0.499. The smallest absolute Gasteiger partial charge is 0.188 e. The molecule has 17 heavy (non-hydrogen) atoms. The van der Waals surface area contributed by atoms with Crippen molar-refractivity contribution in [1.82, 2.24) is 5.32 Å². The molecule has 0 aromatic heterocycles. The Labute approximate surface area is 109 Å². The lowest BCUT2D eigenvalue weighted by atomic mass is 10.2. The minimum Gasteiger partial charge on any atom is -0.370 e. The lowest BCUT2D eigenvalue weighted by molar-refractivity contribution is 0.618. The Balaban J connectivity index is 2.48. The van der Waals surface area contributed by atoms with Crippen molar-refractivity contribution in [3.63, 3.8) is 0 Å². The van der Waals surface area contributed by atoms with Crippen molar-refractivity contribution >= 4 is 21.9 Å². The van der Waals surface area contributed by atoms with E-state index < -0.39 is 0 Å². The van der Waals surface area contributed by atoms with Crippen LogP contribution in [0.2, 0.25) is 0 Å². The molecule has 0 unspecified atom stereocenters. The Morgan fingerprint density at radius 3 is 2.94 bits per heavy atom. The zero-order chi connectivity index (χ0) is 12.7. The first-order valence-corrected chi connectivity index (χ1v) is 6.40. The van der Waals surface area contributed by atoms with Crippen molar-refractivity contribution in [2.24, 2.45) is 10.7 Å². The van der Waals surface area contributed by atoms with Crippen LogP contribution in [0.1, 0.15) is 25.3 Å². The van der Waals surface area contributed by atoms with E-state index in [1.165, 1.54) is 6.07 Å². The maximum absolute atomic E-state index is 13.2. The number of aliphatic imine (C=N–C) groups is 1. The van der Waals surface area contributed by atoms with Gasteiger partial charge in [0.25, 0.3) is 0 Å². The number of nitrogens with zero attached hydrogens (tertiary/aromatic N) is 1. The van der Waals surface area contributed by atoms with Gasteiger partial charge < -0.3 is 11.1 Å². The molecule has 3 N–H and O–H groups in total. The van der Waals surface area contributed by atoms with Gasteiger partial charge in [0.2, 0.25) is 0 Å². The van der Waals surface area contributed by atoms with Crippen LogP contribution in [-0.2, 0) is 6.54 Å². The number of guanidine groups is 1. The van der Waals surface area contributed by atoms with Crippen molar-refractivity contribution in [2.75, 3.05) is 6.54 Å². The first-order valence-electron chi connectivity index (χ1n) is 5.61. The largest absolute Gasteiger partial charge is 0.370 e. The summed E-state index contributed by atoms with van der Waals surface area (Å²) in [7, 11) is 0. The number of benzene rings is 1. The van der Waals surface area contributed by atoms with E-state index in [1.54, 1.807) is 6.07 Å². The van der Waals surface area contributed by atoms with Gasteiger partial charge in [0.15, 0.2) is 5.96 Å². The van der Waals surface area contributed by atoms with Gasteiger partial charge in [-0.1, -0.05) is 19.4 Å². The minimum absolute atomic E-state index is 0.282. The SMILES string of the molecule is CCCCNC(N)=NCc1ccc(Br)c(F)c1. The van der Waals surface area contributed by atoms with E-state index in [4.69, 9.17) is 5.73 Å². The zero-order valence-electron chi connectivity index (χ0n) is 9.84. The summed E-state index contributed by atoms with van der Waals surface area (Å²) in [6.07, 6.45) is 2.17. The summed E-state index contributed by atoms with van der Waals surface area (Å²) in [6.45, 7) is 3.31. The molecule has 3 nitrogen and oxygen atoms in total. The van der Waals surface area contributed by atoms with E-state index in [2.05, 4.69) is 33.2 Å². The number of nitrogens with one attached hydrogen (secondary N) is 1. The normalized spacial score (nSPS) is 11.6. The molecule has 0 aliphatic heterocycles. The van der Waals surface area contributed by atoms with Gasteiger partial charge >= 0.3 is 0 Å². The second-order valence-corrected chi connectivity index (χ2v) is 4.58. The highest BCUT2D eigenvalue weighted by molar-refractivity contribution is 9.10. The van der Waals surface area contributed by atoms with Gasteiger partial charge in [-0.3, -0.25) is 0 Å². The summed E-state index contributed by atoms with van der Waals surface area (Å²) in [5, 5.41) is 3.00. The van der Waals surface area contributed by atoms with Gasteiger partial charge in [-0.25, -0.2) is 9.38 Å². The van der Waals surface area contributed by atoms with Gasteiger partial charge in [0.05, 0.1) is 11.0 Å². The first kappa shape index (κ1) is 14.0. The fourth-order valence-electron chi connectivity index (χ4n) is 1.26. The molecule has 1 aromatic rings. The second-order valence-electron chi connectivity index (χ2n) is 3.73. The predicted molar refractivity (Wildman–Crippen MR) is 72.3 cm³/mol. The van der Waals surface area contributed by atoms with Crippen LogP contribution in [0.5, 0.6) is 0 Å². The molecule has 0 bridgehead atoms. The molecule has 0 saturated heterocycles. The Kier molecular flexibility index (Phi) is 5.97. The van der Waals surface area contributed by atoms with Crippen molar-refractivity contribution in [1.29, 1.82) is 0 Å². The van der Waals surface area contributed by atoms with Crippen LogP contribution in [0, 0.1) is 5.82 Å². The van der Waals surface area contributed by atoms with Crippen LogP contribution in [0.25, 0.3) is 0 Å². The highest BCUT2D eigenvalue weighted by Crippen LogP contribution is 2.16. The van der Waals surface area contributed by atoms with Crippen LogP contribution in [0.15, 0.2) is 27.7 Å². The van der Waals surface area contributed by atoms with Gasteiger partial charge in [-0.05, 0) is 40.0 Å². The molecule has 0 atom stereocenters. The van der Waals surface area contributed by atoms with Crippen LogP contribution in [-0.4, -0.2) is 12.5 Å². The Hall–Kier alpha value is -1.10. The third kappa shape index (κ3) is 5.17. The predicted octanol–water partition coefficient (Wildman–Crippen LogP) is 2.79. The van der Waals surface area contributed by atoms with E-state index in [-0.39, 0.29) is 5.82 Å². The van der Waals surface area contributed by atoms with Crippen LogP contribution < -0.4 is 11.1 Å². The summed E-state index contributed by atoms with van der Waals surface area (Å²) in [5.41, 5.74) is 6.46. The van der Waals surface area contributed by atoms with Gasteiger partial charge in [0.1, 0.15) is 5.82 Å². The van der Waals surface area contributed by atoms with Crippen molar-refractivity contribution < 1.29 is 4.39 Å². The van der Waals surface area contributed by atoms with E-state index in [1.807, 2.05) is 6.07 Å². The molecular formula is C12H17BrFN3. The minimum atomic E-state index is -0.282. The molecular weight excluding hydrogens is 285 g/mol. The molecule has 94 valence electrons. The number of unbranched alkanes of at least 4 members (excludes halogenated alkanes) is 1. The van der Waals surface area contributed by atoms with E-state index in [0.29, 0.717) is 17.0 Å². The lowest BCUT2D eigenvalue weighted by Crippen LogP contribution is -2.32. The van der Waals surface area contributed by atoms with Gasteiger partial charge in [0, 0.05) is 6.54 Å². The first-order chi connectivity index (χ1) is 8.13. The summed E-state index contributed by atoms with van der Waals surface area (Å²) >= 11 is 3.10. The fraction of sp³-hybridized carbons (Fsp3) is 0.417. The summed E-state index contributed by atoms with van der Waals surface area (Å²) in [4.78, 5) is 4.14. The molecule has 0 fully saturated rings. The Bertz CT molecular complexity index is 393. The Morgan fingerprint density at radius 2 is 2.29 bits per heavy atom. The lowest BCUT2D eigenvalue weighted by Gasteiger charge is -2.04. The molecule has 0 aliphatic rings. The molecule has 5 heteroatoms. The third-order valence-corrected chi connectivity index (χ3v) is 2.90. The number of hydrogen-bond donors (Lipinski definition) is 2. The van der Waals surface area contributed by atoms with Crippen LogP contribution >= 0.6 is 15.9 Å². The monoisotopic (exact) mass is 301 g/mol. The highest BCUT2D eigenvalue weighted by Gasteiger charge is 2.00. The topological polar surface area (TPSA) is 50.4 Å². The van der Waals surface area contributed by atoms with Crippen LogP contribution in [0.3, 0.4) is 0 Å². The van der Waals surface area contributed by atoms with Crippen molar-refractivity contribution in [3.8, 4) is 0 Å². The number of halogens is 2. The zero-order valence-corrected chi connectivity index (χ0v) is 11.4.